The second-order valence-electron chi connectivity index (χ2n) is 5.86. The smallest absolute Gasteiger partial charge is 0.270 e. The Balaban J connectivity index is 1.41. The molecular weight excluding hydrogens is 342 g/mol. The third-order valence-electron chi connectivity index (χ3n) is 3.72. The van der Waals surface area contributed by atoms with Gasteiger partial charge in [0.05, 0.1) is 0 Å². The van der Waals surface area contributed by atoms with E-state index in [4.69, 9.17) is 9.47 Å². The second-order valence-corrected chi connectivity index (χ2v) is 5.86. The molecule has 3 aromatic rings. The predicted octanol–water partition coefficient (Wildman–Crippen LogP) is 3.17. The summed E-state index contributed by atoms with van der Waals surface area (Å²) in [5.74, 6) is 1.11. The highest BCUT2D eigenvalue weighted by Crippen LogP contribution is 2.10. The maximum atomic E-state index is 12.1. The number of ether oxygens (including phenoxy) is 2. The zero-order valence-electron chi connectivity index (χ0n) is 15.1. The van der Waals surface area contributed by atoms with Crippen LogP contribution in [0.25, 0.3) is 0 Å². The van der Waals surface area contributed by atoms with Crippen LogP contribution in [0.15, 0.2) is 66.9 Å². The van der Waals surface area contributed by atoms with Gasteiger partial charge in [-0.2, -0.15) is 0 Å². The van der Waals surface area contributed by atoms with Gasteiger partial charge >= 0.3 is 0 Å². The number of carbonyl (C=O) groups is 1. The van der Waals surface area contributed by atoms with Gasteiger partial charge in [-0.3, -0.25) is 4.79 Å². The Morgan fingerprint density at radius 3 is 2.52 bits per heavy atom. The van der Waals surface area contributed by atoms with E-state index in [2.05, 4.69) is 15.3 Å². The van der Waals surface area contributed by atoms with E-state index in [1.807, 2.05) is 55.5 Å². The SMILES string of the molecule is Cc1cccc(C(=O)NCc2ccc(OCCOc3ccccc3)nc2)n1. The fourth-order valence-corrected chi connectivity index (χ4v) is 2.37. The molecule has 0 aliphatic rings. The summed E-state index contributed by atoms with van der Waals surface area (Å²) in [6.07, 6.45) is 1.68. The van der Waals surface area contributed by atoms with E-state index >= 15 is 0 Å². The lowest BCUT2D eigenvalue weighted by Gasteiger charge is -2.08. The molecule has 0 atom stereocenters. The molecular formula is C21H21N3O3. The van der Waals surface area contributed by atoms with Crippen LogP contribution in [-0.2, 0) is 6.54 Å². The van der Waals surface area contributed by atoms with Gasteiger partial charge in [0, 0.05) is 24.5 Å². The number of amides is 1. The van der Waals surface area contributed by atoms with Gasteiger partial charge in [-0.25, -0.2) is 9.97 Å². The maximum Gasteiger partial charge on any atom is 0.270 e. The molecule has 1 N–H and O–H groups in total. The summed E-state index contributed by atoms with van der Waals surface area (Å²) < 4.78 is 11.1. The number of nitrogens with zero attached hydrogens (tertiary/aromatic N) is 2. The Morgan fingerprint density at radius 1 is 0.963 bits per heavy atom. The molecule has 0 saturated carbocycles. The van der Waals surface area contributed by atoms with Gasteiger partial charge in [-0.1, -0.05) is 30.3 Å². The summed E-state index contributed by atoms with van der Waals surface area (Å²) in [4.78, 5) is 20.5. The first-order valence-electron chi connectivity index (χ1n) is 8.68. The number of benzene rings is 1. The minimum atomic E-state index is -0.211. The van der Waals surface area contributed by atoms with E-state index < -0.39 is 0 Å². The van der Waals surface area contributed by atoms with Crippen LogP contribution < -0.4 is 14.8 Å². The molecule has 0 spiro atoms. The fourth-order valence-electron chi connectivity index (χ4n) is 2.37. The normalized spacial score (nSPS) is 10.3. The van der Waals surface area contributed by atoms with Crippen LogP contribution in [0.4, 0.5) is 0 Å². The topological polar surface area (TPSA) is 73.3 Å². The first kappa shape index (κ1) is 18.4. The van der Waals surface area contributed by atoms with Crippen LogP contribution in [0.1, 0.15) is 21.7 Å². The number of aromatic nitrogens is 2. The van der Waals surface area contributed by atoms with Crippen molar-refractivity contribution in [2.75, 3.05) is 13.2 Å². The third kappa shape index (κ3) is 5.81. The highest BCUT2D eigenvalue weighted by atomic mass is 16.5. The molecule has 27 heavy (non-hydrogen) atoms. The first-order chi connectivity index (χ1) is 13.2. The molecule has 6 heteroatoms. The van der Waals surface area contributed by atoms with E-state index in [0.29, 0.717) is 31.3 Å². The average Bonchev–Trinajstić information content (AvgIpc) is 2.71. The highest BCUT2D eigenvalue weighted by Gasteiger charge is 2.07. The number of carbonyl (C=O) groups excluding carboxylic acids is 1. The van der Waals surface area contributed by atoms with Gasteiger partial charge in [0.15, 0.2) is 0 Å². The van der Waals surface area contributed by atoms with E-state index in [1.54, 1.807) is 18.3 Å². The average molecular weight is 363 g/mol. The van der Waals surface area contributed by atoms with Gasteiger partial charge < -0.3 is 14.8 Å². The Morgan fingerprint density at radius 2 is 1.78 bits per heavy atom. The van der Waals surface area contributed by atoms with Crippen molar-refractivity contribution in [1.82, 2.24) is 15.3 Å². The van der Waals surface area contributed by atoms with Gasteiger partial charge in [-0.05, 0) is 36.8 Å². The molecule has 0 bridgehead atoms. The molecule has 2 heterocycles. The van der Waals surface area contributed by atoms with Crippen molar-refractivity contribution in [1.29, 1.82) is 0 Å². The number of nitrogens with one attached hydrogen (secondary N) is 1. The molecule has 6 nitrogen and oxygen atoms in total. The van der Waals surface area contributed by atoms with Gasteiger partial charge in [-0.15, -0.1) is 0 Å². The van der Waals surface area contributed by atoms with E-state index in [1.165, 1.54) is 0 Å². The summed E-state index contributed by atoms with van der Waals surface area (Å²) in [6, 6.07) is 18.6. The van der Waals surface area contributed by atoms with Gasteiger partial charge in [0.25, 0.3) is 5.91 Å². The molecule has 1 amide bonds. The number of hydrogen-bond donors (Lipinski definition) is 1. The summed E-state index contributed by atoms with van der Waals surface area (Å²) in [6.45, 7) is 3.06. The molecule has 0 unspecified atom stereocenters. The summed E-state index contributed by atoms with van der Waals surface area (Å²) in [5, 5.41) is 2.83. The Hall–Kier alpha value is -3.41. The summed E-state index contributed by atoms with van der Waals surface area (Å²) in [7, 11) is 0. The molecule has 0 aliphatic heterocycles. The molecule has 0 radical (unpaired) electrons. The molecule has 2 aromatic heterocycles. The molecule has 0 saturated heterocycles. The Bertz CT molecular complexity index is 867. The fraction of sp³-hybridized carbons (Fsp3) is 0.190. The Labute approximate surface area is 158 Å². The van der Waals surface area contributed by atoms with Crippen LogP contribution in [0.5, 0.6) is 11.6 Å². The molecule has 3 rings (SSSR count). The lowest BCUT2D eigenvalue weighted by molar-refractivity contribution is 0.0945. The van der Waals surface area contributed by atoms with Gasteiger partial charge in [0.1, 0.15) is 24.7 Å². The van der Waals surface area contributed by atoms with E-state index in [-0.39, 0.29) is 5.91 Å². The van der Waals surface area contributed by atoms with Crippen LogP contribution in [0.3, 0.4) is 0 Å². The highest BCUT2D eigenvalue weighted by molar-refractivity contribution is 5.92. The number of aryl methyl sites for hydroxylation is 1. The summed E-state index contributed by atoms with van der Waals surface area (Å²) in [5.41, 5.74) is 2.09. The number of pyridine rings is 2. The number of hydrogen-bond acceptors (Lipinski definition) is 5. The Kier molecular flexibility index (Phi) is 6.35. The lowest BCUT2D eigenvalue weighted by atomic mass is 10.2. The van der Waals surface area contributed by atoms with Crippen LogP contribution in [-0.4, -0.2) is 29.1 Å². The molecule has 0 fully saturated rings. The van der Waals surface area contributed by atoms with Crippen molar-refractivity contribution in [3.8, 4) is 11.6 Å². The van der Waals surface area contributed by atoms with Crippen molar-refractivity contribution in [3.05, 3.63) is 83.8 Å². The minimum absolute atomic E-state index is 0.211. The lowest BCUT2D eigenvalue weighted by Crippen LogP contribution is -2.24. The largest absolute Gasteiger partial charge is 0.490 e. The van der Waals surface area contributed by atoms with Crippen molar-refractivity contribution in [2.45, 2.75) is 13.5 Å². The van der Waals surface area contributed by atoms with Crippen LogP contribution in [0, 0.1) is 6.92 Å². The standard InChI is InChI=1S/C21H21N3O3/c1-16-6-5-9-19(24-16)21(25)23-15-17-10-11-20(22-14-17)27-13-12-26-18-7-3-2-4-8-18/h2-11,14H,12-13,15H2,1H3,(H,23,25). The van der Waals surface area contributed by atoms with Crippen molar-refractivity contribution in [2.24, 2.45) is 0 Å². The quantitative estimate of drug-likeness (QED) is 0.622. The molecule has 138 valence electrons. The van der Waals surface area contributed by atoms with E-state index in [9.17, 15) is 4.79 Å². The van der Waals surface area contributed by atoms with Crippen LogP contribution >= 0.6 is 0 Å². The number of rotatable bonds is 8. The zero-order chi connectivity index (χ0) is 18.9. The van der Waals surface area contributed by atoms with Crippen molar-refractivity contribution in [3.63, 3.8) is 0 Å². The van der Waals surface area contributed by atoms with Gasteiger partial charge in [0.2, 0.25) is 5.88 Å². The van der Waals surface area contributed by atoms with Crippen molar-refractivity contribution >= 4 is 5.91 Å². The third-order valence-corrected chi connectivity index (χ3v) is 3.72. The maximum absolute atomic E-state index is 12.1. The predicted molar refractivity (Wildman–Crippen MR) is 102 cm³/mol. The van der Waals surface area contributed by atoms with E-state index in [0.717, 1.165) is 17.0 Å². The minimum Gasteiger partial charge on any atom is -0.490 e. The van der Waals surface area contributed by atoms with Crippen molar-refractivity contribution < 1.29 is 14.3 Å². The second kappa shape index (κ2) is 9.33. The monoisotopic (exact) mass is 363 g/mol. The first-order valence-corrected chi connectivity index (χ1v) is 8.68. The zero-order valence-corrected chi connectivity index (χ0v) is 15.1. The molecule has 0 aliphatic carbocycles. The summed E-state index contributed by atoms with van der Waals surface area (Å²) >= 11 is 0. The molecule has 1 aromatic carbocycles. The van der Waals surface area contributed by atoms with Crippen LogP contribution in [0.2, 0.25) is 0 Å². The number of para-hydroxylation sites is 1.